The van der Waals surface area contributed by atoms with Crippen LogP contribution in [0.25, 0.3) is 11.1 Å². The third kappa shape index (κ3) is 1.92. The Morgan fingerprint density at radius 2 is 1.30 bits per heavy atom. The molecule has 0 bridgehead atoms. The van der Waals surface area contributed by atoms with Gasteiger partial charge in [-0.3, -0.25) is 0 Å². The summed E-state index contributed by atoms with van der Waals surface area (Å²) in [4.78, 5) is 0. The fraction of sp³-hybridized carbons (Fsp3) is 0.400. The first-order chi connectivity index (χ1) is 11.1. The minimum Gasteiger partial charge on any atom is -0.378 e. The second-order valence-corrected chi connectivity index (χ2v) is 6.77. The molecule has 1 N–H and O–H groups in total. The predicted molar refractivity (Wildman–Crippen MR) is 86.2 cm³/mol. The van der Waals surface area contributed by atoms with Crippen LogP contribution in [0.1, 0.15) is 43.2 Å². The zero-order valence-electron chi connectivity index (χ0n) is 12.9. The standard InChI is InChI=1S/C20H20F2O/c21-20(22)18-13-7-5-11-16(18)15-10-4-6-12-17(15)19(20,23)14-8-2-1-3-9-14/h4-7,10-14,23H,1-3,8-9H2. The molecule has 0 spiro atoms. The first-order valence-corrected chi connectivity index (χ1v) is 8.36. The van der Waals surface area contributed by atoms with Gasteiger partial charge < -0.3 is 5.11 Å². The number of benzene rings is 2. The van der Waals surface area contributed by atoms with Gasteiger partial charge in [-0.15, -0.1) is 0 Å². The molecule has 120 valence electrons. The summed E-state index contributed by atoms with van der Waals surface area (Å²) in [6.45, 7) is 0. The average Bonchev–Trinajstić information content (AvgIpc) is 2.61. The van der Waals surface area contributed by atoms with Crippen LogP contribution in [-0.2, 0) is 11.5 Å². The Bertz CT molecular complexity index is 734. The summed E-state index contributed by atoms with van der Waals surface area (Å²) in [5.74, 6) is -3.68. The van der Waals surface area contributed by atoms with Gasteiger partial charge in [-0.2, -0.15) is 8.78 Å². The van der Waals surface area contributed by atoms with E-state index in [1.165, 1.54) is 6.07 Å². The van der Waals surface area contributed by atoms with Crippen LogP contribution in [-0.4, -0.2) is 5.11 Å². The third-order valence-electron chi connectivity index (χ3n) is 5.57. The molecule has 3 heteroatoms. The fourth-order valence-electron chi connectivity index (χ4n) is 4.41. The molecule has 2 aromatic rings. The largest absolute Gasteiger partial charge is 0.378 e. The van der Waals surface area contributed by atoms with Crippen LogP contribution in [0, 0.1) is 5.92 Å². The van der Waals surface area contributed by atoms with E-state index < -0.39 is 17.4 Å². The smallest absolute Gasteiger partial charge is 0.306 e. The van der Waals surface area contributed by atoms with E-state index in [-0.39, 0.29) is 5.56 Å². The molecule has 1 fully saturated rings. The lowest BCUT2D eigenvalue weighted by molar-refractivity contribution is -0.229. The fourth-order valence-corrected chi connectivity index (χ4v) is 4.41. The van der Waals surface area contributed by atoms with Crippen LogP contribution < -0.4 is 0 Å². The maximum atomic E-state index is 15.5. The minimum atomic E-state index is -3.28. The van der Waals surface area contributed by atoms with Crippen LogP contribution in [0.2, 0.25) is 0 Å². The highest BCUT2D eigenvalue weighted by Crippen LogP contribution is 2.59. The van der Waals surface area contributed by atoms with Crippen LogP contribution in [0.5, 0.6) is 0 Å². The maximum Gasteiger partial charge on any atom is 0.306 e. The summed E-state index contributed by atoms with van der Waals surface area (Å²) in [5.41, 5.74) is -0.503. The number of alkyl halides is 2. The quantitative estimate of drug-likeness (QED) is 0.764. The van der Waals surface area contributed by atoms with Gasteiger partial charge in [-0.05, 0) is 35.4 Å². The Morgan fingerprint density at radius 1 is 0.783 bits per heavy atom. The molecule has 23 heavy (non-hydrogen) atoms. The second-order valence-electron chi connectivity index (χ2n) is 6.77. The van der Waals surface area contributed by atoms with Gasteiger partial charge in [0.2, 0.25) is 0 Å². The molecule has 0 aromatic heterocycles. The highest BCUT2D eigenvalue weighted by Gasteiger charge is 2.62. The molecule has 0 amide bonds. The second kappa shape index (κ2) is 5.13. The van der Waals surface area contributed by atoms with Crippen molar-refractivity contribution in [2.75, 3.05) is 0 Å². The first kappa shape index (κ1) is 14.8. The van der Waals surface area contributed by atoms with Crippen LogP contribution >= 0.6 is 0 Å². The molecule has 1 nitrogen and oxygen atoms in total. The molecule has 4 rings (SSSR count). The van der Waals surface area contributed by atoms with Gasteiger partial charge in [-0.25, -0.2) is 0 Å². The summed E-state index contributed by atoms with van der Waals surface area (Å²) >= 11 is 0. The average molecular weight is 314 g/mol. The first-order valence-electron chi connectivity index (χ1n) is 8.36. The van der Waals surface area contributed by atoms with Crippen molar-refractivity contribution in [2.45, 2.75) is 43.6 Å². The van der Waals surface area contributed by atoms with Crippen molar-refractivity contribution in [3.8, 4) is 11.1 Å². The molecule has 2 aliphatic rings. The van der Waals surface area contributed by atoms with Gasteiger partial charge in [0, 0.05) is 5.56 Å². The molecule has 1 saturated carbocycles. The number of hydrogen-bond donors (Lipinski definition) is 1. The van der Waals surface area contributed by atoms with E-state index >= 15 is 8.78 Å². The normalized spacial score (nSPS) is 26.4. The van der Waals surface area contributed by atoms with Crippen molar-refractivity contribution >= 4 is 0 Å². The summed E-state index contributed by atoms with van der Waals surface area (Å²) < 4.78 is 30.9. The third-order valence-corrected chi connectivity index (χ3v) is 5.57. The van der Waals surface area contributed by atoms with Crippen LogP contribution in [0.3, 0.4) is 0 Å². The summed E-state index contributed by atoms with van der Waals surface area (Å²) in [5, 5.41) is 11.4. The molecule has 2 aliphatic carbocycles. The van der Waals surface area contributed by atoms with E-state index in [4.69, 9.17) is 0 Å². The number of fused-ring (bicyclic) bond motifs is 3. The number of rotatable bonds is 1. The van der Waals surface area contributed by atoms with E-state index in [9.17, 15) is 5.11 Å². The van der Waals surface area contributed by atoms with E-state index in [1.54, 1.807) is 30.3 Å². The van der Waals surface area contributed by atoms with Crippen molar-refractivity contribution in [2.24, 2.45) is 5.92 Å². The summed E-state index contributed by atoms with van der Waals surface area (Å²) in [7, 11) is 0. The van der Waals surface area contributed by atoms with Crippen molar-refractivity contribution in [3.05, 3.63) is 59.7 Å². The van der Waals surface area contributed by atoms with Crippen LogP contribution in [0.15, 0.2) is 48.5 Å². The number of hydrogen-bond acceptors (Lipinski definition) is 1. The van der Waals surface area contributed by atoms with Gasteiger partial charge in [0.25, 0.3) is 0 Å². The van der Waals surface area contributed by atoms with Crippen molar-refractivity contribution in [1.29, 1.82) is 0 Å². The van der Waals surface area contributed by atoms with E-state index in [1.807, 2.05) is 12.1 Å². The molecule has 1 unspecified atom stereocenters. The SMILES string of the molecule is OC1(C2CCCCC2)c2ccccc2-c2ccccc2C1(F)F. The minimum absolute atomic E-state index is 0.0493. The van der Waals surface area contributed by atoms with Crippen LogP contribution in [0.4, 0.5) is 8.78 Å². The highest BCUT2D eigenvalue weighted by molar-refractivity contribution is 5.76. The van der Waals surface area contributed by atoms with Gasteiger partial charge in [0.15, 0.2) is 5.60 Å². The monoisotopic (exact) mass is 314 g/mol. The topological polar surface area (TPSA) is 20.2 Å². The molecule has 2 aromatic carbocycles. The lowest BCUT2D eigenvalue weighted by Gasteiger charge is -2.47. The highest BCUT2D eigenvalue weighted by atomic mass is 19.3. The molecule has 0 aliphatic heterocycles. The van der Waals surface area contributed by atoms with Gasteiger partial charge in [-0.1, -0.05) is 67.8 Å². The maximum absolute atomic E-state index is 15.5. The zero-order valence-corrected chi connectivity index (χ0v) is 12.9. The molecule has 0 heterocycles. The summed E-state index contributed by atoms with van der Waals surface area (Å²) in [6, 6.07) is 13.7. The van der Waals surface area contributed by atoms with E-state index in [2.05, 4.69) is 0 Å². The van der Waals surface area contributed by atoms with Crippen molar-refractivity contribution in [1.82, 2.24) is 0 Å². The molecular weight excluding hydrogens is 294 g/mol. The van der Waals surface area contributed by atoms with E-state index in [0.29, 0.717) is 24.0 Å². The lowest BCUT2D eigenvalue weighted by atomic mass is 9.63. The number of aliphatic hydroxyl groups is 1. The van der Waals surface area contributed by atoms with Crippen molar-refractivity contribution in [3.63, 3.8) is 0 Å². The predicted octanol–water partition coefficient (Wildman–Crippen LogP) is 5.23. The Labute approximate surface area is 135 Å². The Balaban J connectivity index is 1.99. The molecule has 0 radical (unpaired) electrons. The van der Waals surface area contributed by atoms with Crippen molar-refractivity contribution < 1.29 is 13.9 Å². The Morgan fingerprint density at radius 3 is 1.96 bits per heavy atom. The summed E-state index contributed by atoms with van der Waals surface area (Å²) in [6.07, 6.45) is 4.20. The van der Waals surface area contributed by atoms with Gasteiger partial charge in [0.05, 0.1) is 0 Å². The zero-order chi connectivity index (χ0) is 16.1. The lowest BCUT2D eigenvalue weighted by Crippen LogP contribution is -2.52. The molecular formula is C20H20F2O. The van der Waals surface area contributed by atoms with Gasteiger partial charge >= 0.3 is 5.92 Å². The number of halogens is 2. The van der Waals surface area contributed by atoms with Gasteiger partial charge in [0.1, 0.15) is 0 Å². The Kier molecular flexibility index (Phi) is 3.31. The Hall–Kier alpha value is -1.74. The molecule has 0 saturated heterocycles. The van der Waals surface area contributed by atoms with E-state index in [0.717, 1.165) is 24.8 Å². The molecule has 1 atom stereocenters.